The summed E-state index contributed by atoms with van der Waals surface area (Å²) in [6.07, 6.45) is 0.958. The molecule has 0 saturated carbocycles. The van der Waals surface area contributed by atoms with Crippen LogP contribution in [0.5, 0.6) is 11.5 Å². The Hall–Kier alpha value is -4.68. The summed E-state index contributed by atoms with van der Waals surface area (Å²) in [4.78, 5) is 12.3. The second-order valence-corrected chi connectivity index (χ2v) is 10.2. The van der Waals surface area contributed by atoms with Crippen LogP contribution in [-0.4, -0.2) is 42.2 Å². The molecule has 0 aliphatic heterocycles. The summed E-state index contributed by atoms with van der Waals surface area (Å²) >= 11 is 0. The molecule has 6 nitrogen and oxygen atoms in total. The van der Waals surface area contributed by atoms with Crippen LogP contribution in [0.3, 0.4) is 0 Å². The van der Waals surface area contributed by atoms with E-state index < -0.39 is 0 Å². The topological polar surface area (TPSA) is 59.5 Å². The Kier molecular flexibility index (Phi) is 7.92. The van der Waals surface area contributed by atoms with Crippen molar-refractivity contribution in [2.24, 2.45) is 0 Å². The molecule has 0 fully saturated rings. The number of aromatic nitrogens is 2. The predicted octanol–water partition coefficient (Wildman–Crippen LogP) is 7.46. The highest BCUT2D eigenvalue weighted by Gasteiger charge is 2.13. The van der Waals surface area contributed by atoms with E-state index in [9.17, 15) is 0 Å². The molecule has 206 valence electrons. The van der Waals surface area contributed by atoms with E-state index in [4.69, 9.17) is 19.4 Å². The van der Waals surface area contributed by atoms with Gasteiger partial charge in [0.25, 0.3) is 0 Å². The second kappa shape index (κ2) is 12.2. The maximum Gasteiger partial charge on any atom is 0.122 e. The number of hydrogen-bond donors (Lipinski definition) is 1. The molecular weight excluding hydrogens is 508 g/mol. The average Bonchev–Trinajstić information content (AvgIpc) is 3.02. The minimum atomic E-state index is 0.742. The van der Waals surface area contributed by atoms with Gasteiger partial charge in [-0.25, -0.2) is 4.98 Å². The van der Waals surface area contributed by atoms with Crippen molar-refractivity contribution in [1.29, 1.82) is 0 Å². The molecule has 6 rings (SSSR count). The molecule has 6 heteroatoms. The SMILES string of the molecule is COc1cc(CN(CCCNc2c3ccccc3nc3ccccc23)Cc2ccc3ccccc3n2)cc(OC)c1. The van der Waals surface area contributed by atoms with E-state index in [1.807, 2.05) is 30.3 Å². The minimum Gasteiger partial charge on any atom is -0.497 e. The van der Waals surface area contributed by atoms with E-state index in [0.29, 0.717) is 0 Å². The van der Waals surface area contributed by atoms with Gasteiger partial charge in [-0.15, -0.1) is 0 Å². The van der Waals surface area contributed by atoms with Gasteiger partial charge in [0.2, 0.25) is 0 Å². The summed E-state index contributed by atoms with van der Waals surface area (Å²) in [7, 11) is 3.38. The van der Waals surface area contributed by atoms with Crippen molar-refractivity contribution in [3.05, 3.63) is 114 Å². The third-order valence-electron chi connectivity index (χ3n) is 7.40. The normalized spacial score (nSPS) is 11.4. The molecule has 0 saturated heterocycles. The van der Waals surface area contributed by atoms with Gasteiger partial charge in [0.05, 0.1) is 42.2 Å². The molecule has 0 spiro atoms. The molecule has 0 atom stereocenters. The Labute approximate surface area is 240 Å². The molecule has 0 aliphatic rings. The second-order valence-electron chi connectivity index (χ2n) is 10.2. The molecule has 0 aliphatic carbocycles. The van der Waals surface area contributed by atoms with Crippen molar-refractivity contribution in [2.45, 2.75) is 19.5 Å². The molecule has 6 aromatic rings. The first kappa shape index (κ1) is 26.5. The van der Waals surface area contributed by atoms with Gasteiger partial charge in [-0.1, -0.05) is 60.7 Å². The number of nitrogens with zero attached hydrogens (tertiary/aromatic N) is 3. The Morgan fingerprint density at radius 1 is 0.659 bits per heavy atom. The standard InChI is InChI=1S/C35H34N4O2/c1-40-28-20-25(21-29(22-28)41-2)23-39(24-27-17-16-26-10-3-6-13-32(26)37-27)19-9-18-36-35-30-11-4-7-14-33(30)38-34-15-8-5-12-31(34)35/h3-8,10-17,20-22H,9,18-19,23-24H2,1-2H3,(H,36,38). The van der Waals surface area contributed by atoms with Crippen LogP contribution >= 0.6 is 0 Å². The van der Waals surface area contributed by atoms with Crippen LogP contribution in [0, 0.1) is 0 Å². The van der Waals surface area contributed by atoms with E-state index in [-0.39, 0.29) is 0 Å². The van der Waals surface area contributed by atoms with E-state index >= 15 is 0 Å². The molecule has 4 aromatic carbocycles. The largest absolute Gasteiger partial charge is 0.497 e. The lowest BCUT2D eigenvalue weighted by molar-refractivity contribution is 0.252. The number of ether oxygens (including phenoxy) is 2. The van der Waals surface area contributed by atoms with E-state index in [0.717, 1.165) is 93.8 Å². The van der Waals surface area contributed by atoms with Crippen molar-refractivity contribution >= 4 is 38.4 Å². The highest BCUT2D eigenvalue weighted by Crippen LogP contribution is 2.30. The smallest absolute Gasteiger partial charge is 0.122 e. The third kappa shape index (κ3) is 6.08. The zero-order valence-corrected chi connectivity index (χ0v) is 23.5. The maximum absolute atomic E-state index is 5.54. The number of hydrogen-bond acceptors (Lipinski definition) is 6. The van der Waals surface area contributed by atoms with Crippen molar-refractivity contribution in [3.63, 3.8) is 0 Å². The molecule has 0 bridgehead atoms. The average molecular weight is 543 g/mol. The van der Waals surface area contributed by atoms with Gasteiger partial charge in [-0.05, 0) is 48.4 Å². The number of para-hydroxylation sites is 3. The molecule has 41 heavy (non-hydrogen) atoms. The zero-order valence-electron chi connectivity index (χ0n) is 23.5. The molecule has 2 aromatic heterocycles. The molecule has 1 N–H and O–H groups in total. The number of methoxy groups -OCH3 is 2. The van der Waals surface area contributed by atoms with Gasteiger partial charge < -0.3 is 14.8 Å². The van der Waals surface area contributed by atoms with Gasteiger partial charge in [0, 0.05) is 48.4 Å². The Morgan fingerprint density at radius 2 is 1.29 bits per heavy atom. The number of benzene rings is 4. The van der Waals surface area contributed by atoms with Gasteiger partial charge in [-0.2, -0.15) is 0 Å². The summed E-state index contributed by atoms with van der Waals surface area (Å²) in [5.74, 6) is 1.59. The van der Waals surface area contributed by atoms with Crippen molar-refractivity contribution < 1.29 is 9.47 Å². The van der Waals surface area contributed by atoms with E-state index in [1.54, 1.807) is 14.2 Å². The van der Waals surface area contributed by atoms with Crippen molar-refractivity contribution in [2.75, 3.05) is 32.6 Å². The molecular formula is C35H34N4O2. The highest BCUT2D eigenvalue weighted by atomic mass is 16.5. The zero-order chi connectivity index (χ0) is 28.0. The van der Waals surface area contributed by atoms with Crippen molar-refractivity contribution in [1.82, 2.24) is 14.9 Å². The van der Waals surface area contributed by atoms with Crippen LogP contribution in [0.25, 0.3) is 32.7 Å². The third-order valence-corrected chi connectivity index (χ3v) is 7.40. The molecule has 0 amide bonds. The molecule has 0 radical (unpaired) electrons. The van der Waals surface area contributed by atoms with Gasteiger partial charge in [-0.3, -0.25) is 9.88 Å². The monoisotopic (exact) mass is 542 g/mol. The van der Waals surface area contributed by atoms with Crippen molar-refractivity contribution in [3.8, 4) is 11.5 Å². The van der Waals surface area contributed by atoms with E-state index in [1.165, 1.54) is 0 Å². The van der Waals surface area contributed by atoms with E-state index in [2.05, 4.69) is 83.0 Å². The fourth-order valence-electron chi connectivity index (χ4n) is 5.40. The highest BCUT2D eigenvalue weighted by molar-refractivity contribution is 6.07. The number of pyridine rings is 2. The Balaban J connectivity index is 1.22. The lowest BCUT2D eigenvalue weighted by Crippen LogP contribution is -2.26. The summed E-state index contributed by atoms with van der Waals surface area (Å²) in [6.45, 7) is 3.22. The lowest BCUT2D eigenvalue weighted by atomic mass is 10.1. The Morgan fingerprint density at radius 3 is 1.98 bits per heavy atom. The first-order valence-corrected chi connectivity index (χ1v) is 14.0. The predicted molar refractivity (Wildman–Crippen MR) is 168 cm³/mol. The number of rotatable bonds is 11. The molecule has 2 heterocycles. The van der Waals surface area contributed by atoms with Gasteiger partial charge in [0.15, 0.2) is 0 Å². The summed E-state index contributed by atoms with van der Waals surface area (Å²) in [6, 6.07) is 35.3. The first-order valence-electron chi connectivity index (χ1n) is 14.0. The minimum absolute atomic E-state index is 0.742. The van der Waals surface area contributed by atoms with Crippen LogP contribution in [0.15, 0.2) is 103 Å². The van der Waals surface area contributed by atoms with Gasteiger partial charge >= 0.3 is 0 Å². The fraction of sp³-hybridized carbons (Fsp3) is 0.200. The number of anilines is 1. The quantitative estimate of drug-likeness (QED) is 0.135. The van der Waals surface area contributed by atoms with Crippen LogP contribution in [0.4, 0.5) is 5.69 Å². The lowest BCUT2D eigenvalue weighted by Gasteiger charge is -2.23. The van der Waals surface area contributed by atoms with Crippen LogP contribution in [0.2, 0.25) is 0 Å². The first-order chi connectivity index (χ1) is 20.2. The summed E-state index contributed by atoms with van der Waals surface area (Å²) < 4.78 is 11.1. The fourth-order valence-corrected chi connectivity index (χ4v) is 5.40. The Bertz CT molecular complexity index is 1730. The van der Waals surface area contributed by atoms with Crippen LogP contribution in [0.1, 0.15) is 17.7 Å². The summed E-state index contributed by atoms with van der Waals surface area (Å²) in [5.41, 5.74) is 6.37. The maximum atomic E-state index is 5.54. The summed E-state index contributed by atoms with van der Waals surface area (Å²) in [5, 5.41) is 7.20. The number of nitrogens with one attached hydrogen (secondary N) is 1. The number of fused-ring (bicyclic) bond motifs is 3. The van der Waals surface area contributed by atoms with Crippen LogP contribution in [-0.2, 0) is 13.1 Å². The molecule has 0 unspecified atom stereocenters. The van der Waals surface area contributed by atoms with Crippen LogP contribution < -0.4 is 14.8 Å². The van der Waals surface area contributed by atoms with Gasteiger partial charge in [0.1, 0.15) is 11.5 Å².